The number of hydrogen-bond acceptors (Lipinski definition) is 7. The van der Waals surface area contributed by atoms with Gasteiger partial charge in [-0.05, 0) is 30.5 Å². The maximum Gasteiger partial charge on any atom is 0.298 e. The Morgan fingerprint density at radius 2 is 2.04 bits per heavy atom. The Morgan fingerprint density at radius 1 is 1.26 bits per heavy atom. The van der Waals surface area contributed by atoms with Crippen molar-refractivity contribution in [3.05, 3.63) is 29.3 Å². The predicted molar refractivity (Wildman–Crippen MR) is 98.2 cm³/mol. The van der Waals surface area contributed by atoms with Crippen LogP contribution >= 0.6 is 11.3 Å². The number of aromatic nitrogens is 2. The maximum absolute atomic E-state index is 13.1. The van der Waals surface area contributed by atoms with Crippen LogP contribution in [0.5, 0.6) is 0 Å². The van der Waals surface area contributed by atoms with Gasteiger partial charge < -0.3 is 19.7 Å². The van der Waals surface area contributed by atoms with Gasteiger partial charge in [0.25, 0.3) is 12.4 Å². The first-order chi connectivity index (χ1) is 13.1. The van der Waals surface area contributed by atoms with Crippen molar-refractivity contribution in [2.75, 3.05) is 18.0 Å². The standard InChI is InChI=1S/C18H18F2N4O2S/c19-16(20)14(25)9-5-12(17-21-3-4-27-17)15-13(6-9)23-18(26-15)24-7-10-1-2-11(8-24)22-10/h3-6,10-11,14,16,22,25H,1-2,7-8H2. The molecular formula is C18H18F2N4O2S. The van der Waals surface area contributed by atoms with E-state index in [1.807, 2.05) is 5.38 Å². The normalized spacial score (nSPS) is 23.5. The molecule has 3 atom stereocenters. The van der Waals surface area contributed by atoms with Gasteiger partial charge in [0.05, 0.1) is 5.56 Å². The summed E-state index contributed by atoms with van der Waals surface area (Å²) < 4.78 is 32.2. The number of rotatable bonds is 4. The molecule has 0 saturated carbocycles. The third kappa shape index (κ3) is 2.99. The summed E-state index contributed by atoms with van der Waals surface area (Å²) in [7, 11) is 0. The van der Waals surface area contributed by atoms with E-state index in [9.17, 15) is 13.9 Å². The van der Waals surface area contributed by atoms with E-state index >= 15 is 0 Å². The summed E-state index contributed by atoms with van der Waals surface area (Å²) in [6, 6.07) is 4.34. The van der Waals surface area contributed by atoms with Gasteiger partial charge in [-0.15, -0.1) is 11.3 Å². The van der Waals surface area contributed by atoms with Crippen LogP contribution in [0.2, 0.25) is 0 Å². The highest BCUT2D eigenvalue weighted by molar-refractivity contribution is 7.13. The number of nitrogens with one attached hydrogen (secondary N) is 1. The van der Waals surface area contributed by atoms with Gasteiger partial charge in [0.15, 0.2) is 5.58 Å². The van der Waals surface area contributed by atoms with Crippen LogP contribution < -0.4 is 10.2 Å². The molecule has 0 amide bonds. The minimum Gasteiger partial charge on any atom is -0.423 e. The van der Waals surface area contributed by atoms with Crippen molar-refractivity contribution in [1.82, 2.24) is 15.3 Å². The number of alkyl halides is 2. The lowest BCUT2D eigenvalue weighted by Gasteiger charge is -2.31. The second-order valence-corrected chi connectivity index (χ2v) is 7.97. The Labute approximate surface area is 157 Å². The Morgan fingerprint density at radius 3 is 2.70 bits per heavy atom. The van der Waals surface area contributed by atoms with Crippen molar-refractivity contribution in [1.29, 1.82) is 0 Å². The molecular weight excluding hydrogens is 374 g/mol. The molecule has 2 fully saturated rings. The third-order valence-corrected chi connectivity index (χ3v) is 6.04. The second-order valence-electron chi connectivity index (χ2n) is 7.07. The molecule has 2 aliphatic heterocycles. The number of piperazine rings is 1. The molecule has 9 heteroatoms. The highest BCUT2D eigenvalue weighted by atomic mass is 32.1. The van der Waals surface area contributed by atoms with E-state index in [1.165, 1.54) is 23.5 Å². The molecule has 0 aliphatic carbocycles. The zero-order chi connectivity index (χ0) is 18.5. The summed E-state index contributed by atoms with van der Waals surface area (Å²) in [6.07, 6.45) is -0.828. The number of anilines is 1. The van der Waals surface area contributed by atoms with Gasteiger partial charge in [-0.1, -0.05) is 0 Å². The summed E-state index contributed by atoms with van der Waals surface area (Å²) in [4.78, 5) is 10.9. The van der Waals surface area contributed by atoms with E-state index in [0.717, 1.165) is 25.9 Å². The molecule has 1 aromatic carbocycles. The fraction of sp³-hybridized carbons (Fsp3) is 0.444. The average Bonchev–Trinajstić information content (AvgIpc) is 3.39. The zero-order valence-corrected chi connectivity index (χ0v) is 15.1. The van der Waals surface area contributed by atoms with Crippen LogP contribution in [0.4, 0.5) is 14.8 Å². The second kappa shape index (κ2) is 6.50. The lowest BCUT2D eigenvalue weighted by Crippen LogP contribution is -2.51. The fourth-order valence-corrected chi connectivity index (χ4v) is 4.61. The number of fused-ring (bicyclic) bond motifs is 3. The minimum atomic E-state index is -2.87. The zero-order valence-electron chi connectivity index (χ0n) is 14.3. The van der Waals surface area contributed by atoms with Crippen molar-refractivity contribution in [2.45, 2.75) is 37.5 Å². The van der Waals surface area contributed by atoms with E-state index in [-0.39, 0.29) is 5.56 Å². The van der Waals surface area contributed by atoms with Gasteiger partial charge >= 0.3 is 0 Å². The largest absolute Gasteiger partial charge is 0.423 e. The monoisotopic (exact) mass is 392 g/mol. The topological polar surface area (TPSA) is 74.4 Å². The number of halogens is 2. The molecule has 2 N–H and O–H groups in total. The van der Waals surface area contributed by atoms with Crippen LogP contribution in [-0.4, -0.2) is 46.7 Å². The Bertz CT molecular complexity index is 950. The van der Waals surface area contributed by atoms with Gasteiger partial charge in [0.1, 0.15) is 16.6 Å². The molecule has 3 unspecified atom stereocenters. The Balaban J connectivity index is 1.61. The number of benzene rings is 1. The molecule has 3 aromatic rings. The molecule has 6 nitrogen and oxygen atoms in total. The molecule has 4 heterocycles. The van der Waals surface area contributed by atoms with Crippen molar-refractivity contribution < 1.29 is 18.3 Å². The van der Waals surface area contributed by atoms with E-state index < -0.39 is 12.5 Å². The average molecular weight is 392 g/mol. The molecule has 2 aliphatic rings. The van der Waals surface area contributed by atoms with Crippen LogP contribution in [0.15, 0.2) is 28.1 Å². The summed E-state index contributed by atoms with van der Waals surface area (Å²) in [5, 5.41) is 15.9. The van der Waals surface area contributed by atoms with Crippen LogP contribution in [0.25, 0.3) is 21.7 Å². The molecule has 5 rings (SSSR count). The molecule has 2 saturated heterocycles. The molecule has 0 spiro atoms. The van der Waals surface area contributed by atoms with Crippen LogP contribution in [0.3, 0.4) is 0 Å². The van der Waals surface area contributed by atoms with Crippen LogP contribution in [-0.2, 0) is 0 Å². The van der Waals surface area contributed by atoms with Crippen molar-refractivity contribution >= 4 is 28.5 Å². The van der Waals surface area contributed by atoms with Crippen molar-refractivity contribution in [3.63, 3.8) is 0 Å². The predicted octanol–water partition coefficient (Wildman–Crippen LogP) is 3.19. The van der Waals surface area contributed by atoms with Crippen LogP contribution in [0, 0.1) is 0 Å². The number of thiazole rings is 1. The number of nitrogens with zero attached hydrogens (tertiary/aromatic N) is 3. The lowest BCUT2D eigenvalue weighted by atomic mass is 10.0. The van der Waals surface area contributed by atoms with E-state index in [2.05, 4.69) is 20.2 Å². The summed E-state index contributed by atoms with van der Waals surface area (Å²) >= 11 is 1.38. The molecule has 2 aromatic heterocycles. The number of hydrogen-bond donors (Lipinski definition) is 2. The molecule has 2 bridgehead atoms. The molecule has 27 heavy (non-hydrogen) atoms. The van der Waals surface area contributed by atoms with Gasteiger partial charge in [0, 0.05) is 36.8 Å². The number of oxazole rings is 1. The first kappa shape index (κ1) is 17.0. The van der Waals surface area contributed by atoms with E-state index in [4.69, 9.17) is 4.42 Å². The van der Waals surface area contributed by atoms with Crippen molar-refractivity contribution in [3.8, 4) is 10.6 Å². The summed E-state index contributed by atoms with van der Waals surface area (Å²) in [6.45, 7) is 1.62. The molecule has 142 valence electrons. The third-order valence-electron chi connectivity index (χ3n) is 5.23. The van der Waals surface area contributed by atoms with E-state index in [1.54, 1.807) is 6.20 Å². The van der Waals surface area contributed by atoms with Crippen molar-refractivity contribution in [2.24, 2.45) is 0 Å². The highest BCUT2D eigenvalue weighted by Gasteiger charge is 2.34. The van der Waals surface area contributed by atoms with Gasteiger partial charge in [0.2, 0.25) is 0 Å². The summed E-state index contributed by atoms with van der Waals surface area (Å²) in [5.41, 5.74) is 1.66. The first-order valence-electron chi connectivity index (χ1n) is 8.90. The smallest absolute Gasteiger partial charge is 0.298 e. The van der Waals surface area contributed by atoms with E-state index in [0.29, 0.717) is 39.8 Å². The number of aliphatic hydroxyl groups excluding tert-OH is 1. The Kier molecular flexibility index (Phi) is 4.10. The maximum atomic E-state index is 13.1. The lowest BCUT2D eigenvalue weighted by molar-refractivity contribution is -0.00569. The SMILES string of the molecule is OC(c1cc(-c2nccs2)c2oc(N3CC4CCC(C3)N4)nc2c1)C(F)F. The van der Waals surface area contributed by atoms with Gasteiger partial charge in [-0.3, -0.25) is 0 Å². The quantitative estimate of drug-likeness (QED) is 0.710. The fourth-order valence-electron chi connectivity index (χ4n) is 3.96. The first-order valence-corrected chi connectivity index (χ1v) is 9.78. The highest BCUT2D eigenvalue weighted by Crippen LogP contribution is 2.37. The minimum absolute atomic E-state index is 0.114. The van der Waals surface area contributed by atoms with Gasteiger partial charge in [-0.2, -0.15) is 4.98 Å². The number of aliphatic hydroxyl groups is 1. The Hall–Kier alpha value is -2.10. The molecule has 0 radical (unpaired) electrons. The van der Waals surface area contributed by atoms with Crippen LogP contribution in [0.1, 0.15) is 24.5 Å². The van der Waals surface area contributed by atoms with Gasteiger partial charge in [-0.25, -0.2) is 13.8 Å². The summed E-state index contributed by atoms with van der Waals surface area (Å²) in [5.74, 6) is 0.